The molecule has 0 radical (unpaired) electrons. The highest BCUT2D eigenvalue weighted by molar-refractivity contribution is 5.93. The molecule has 0 heterocycles. The average molecular weight is 382 g/mol. The van der Waals surface area contributed by atoms with Gasteiger partial charge in [0, 0.05) is 11.6 Å². The third-order valence-electron chi connectivity index (χ3n) is 4.46. The molecular formula is C22H26N2O4. The number of carboxylic acids is 1. The minimum atomic E-state index is -1.08. The van der Waals surface area contributed by atoms with E-state index in [1.54, 1.807) is 24.3 Å². The van der Waals surface area contributed by atoms with Gasteiger partial charge in [-0.15, -0.1) is 0 Å². The second-order valence-electron chi connectivity index (χ2n) is 7.07. The van der Waals surface area contributed by atoms with Gasteiger partial charge in [-0.1, -0.05) is 56.3 Å². The fraction of sp³-hybridized carbons (Fsp3) is 0.318. The minimum absolute atomic E-state index is 0.0363. The van der Waals surface area contributed by atoms with Gasteiger partial charge in [0.1, 0.15) is 6.54 Å². The quantitative estimate of drug-likeness (QED) is 0.621. The van der Waals surface area contributed by atoms with Crippen LogP contribution in [0.2, 0.25) is 0 Å². The number of rotatable bonds is 9. The largest absolute Gasteiger partial charge is 0.480 e. The maximum atomic E-state index is 12.7. The molecule has 0 aromatic heterocycles. The zero-order valence-electron chi connectivity index (χ0n) is 16.1. The molecule has 2 aromatic rings. The van der Waals surface area contributed by atoms with Crippen LogP contribution in [0.1, 0.15) is 25.0 Å². The molecule has 0 aliphatic carbocycles. The molecule has 0 aliphatic heterocycles. The summed E-state index contributed by atoms with van der Waals surface area (Å²) >= 11 is 0. The second-order valence-corrected chi connectivity index (χ2v) is 7.07. The number of hydrogen-bond donors (Lipinski definition) is 3. The molecule has 6 nitrogen and oxygen atoms in total. The van der Waals surface area contributed by atoms with E-state index in [1.807, 2.05) is 44.2 Å². The van der Waals surface area contributed by atoms with Crippen LogP contribution in [0, 0.1) is 11.8 Å². The summed E-state index contributed by atoms with van der Waals surface area (Å²) in [5.74, 6) is -1.43. The van der Waals surface area contributed by atoms with E-state index in [4.69, 9.17) is 5.11 Å². The Morgan fingerprint density at radius 2 is 1.57 bits per heavy atom. The van der Waals surface area contributed by atoms with E-state index < -0.39 is 12.5 Å². The molecule has 2 amide bonds. The van der Waals surface area contributed by atoms with Crippen LogP contribution in [0.3, 0.4) is 0 Å². The zero-order valence-corrected chi connectivity index (χ0v) is 16.1. The van der Waals surface area contributed by atoms with E-state index in [1.165, 1.54) is 0 Å². The molecule has 0 fully saturated rings. The lowest BCUT2D eigenvalue weighted by Gasteiger charge is -2.20. The van der Waals surface area contributed by atoms with Crippen LogP contribution in [0.5, 0.6) is 0 Å². The van der Waals surface area contributed by atoms with E-state index in [9.17, 15) is 14.4 Å². The first-order chi connectivity index (χ1) is 13.3. The summed E-state index contributed by atoms with van der Waals surface area (Å²) in [6.07, 6.45) is 0.760. The Morgan fingerprint density at radius 3 is 2.14 bits per heavy atom. The normalized spacial score (nSPS) is 11.7. The highest BCUT2D eigenvalue weighted by atomic mass is 16.4. The van der Waals surface area contributed by atoms with Crippen molar-refractivity contribution < 1.29 is 19.5 Å². The summed E-state index contributed by atoms with van der Waals surface area (Å²) < 4.78 is 0. The fourth-order valence-electron chi connectivity index (χ4n) is 2.86. The van der Waals surface area contributed by atoms with Crippen molar-refractivity contribution >= 4 is 23.5 Å². The molecule has 148 valence electrons. The second kappa shape index (κ2) is 10.3. The minimum Gasteiger partial charge on any atom is -0.480 e. The Morgan fingerprint density at radius 1 is 0.929 bits per heavy atom. The monoisotopic (exact) mass is 382 g/mol. The molecule has 0 saturated heterocycles. The van der Waals surface area contributed by atoms with Gasteiger partial charge in [0.05, 0.1) is 6.42 Å². The van der Waals surface area contributed by atoms with Gasteiger partial charge in [0.25, 0.3) is 0 Å². The maximum absolute atomic E-state index is 12.7. The molecule has 0 bridgehead atoms. The molecule has 0 spiro atoms. The van der Waals surface area contributed by atoms with Crippen LogP contribution in [0.15, 0.2) is 54.6 Å². The van der Waals surface area contributed by atoms with Crippen molar-refractivity contribution in [2.75, 3.05) is 11.9 Å². The summed E-state index contributed by atoms with van der Waals surface area (Å²) in [6.45, 7) is 3.67. The summed E-state index contributed by atoms with van der Waals surface area (Å²) in [5, 5.41) is 13.8. The number of nitrogens with one attached hydrogen (secondary N) is 2. The zero-order chi connectivity index (χ0) is 20.5. The van der Waals surface area contributed by atoms with Gasteiger partial charge >= 0.3 is 5.97 Å². The molecule has 6 heteroatoms. The first kappa shape index (κ1) is 21.2. The van der Waals surface area contributed by atoms with Gasteiger partial charge in [0.2, 0.25) is 11.8 Å². The van der Waals surface area contributed by atoms with Gasteiger partial charge in [-0.05, 0) is 35.6 Å². The van der Waals surface area contributed by atoms with Gasteiger partial charge in [-0.3, -0.25) is 14.4 Å². The highest BCUT2D eigenvalue weighted by Crippen LogP contribution is 2.20. The number of carboxylic acid groups (broad SMARTS) is 1. The number of aliphatic carboxylic acids is 1. The molecule has 1 atom stereocenters. The van der Waals surface area contributed by atoms with Crippen molar-refractivity contribution in [1.29, 1.82) is 0 Å². The van der Waals surface area contributed by atoms with E-state index >= 15 is 0 Å². The van der Waals surface area contributed by atoms with Crippen LogP contribution in [0.25, 0.3) is 0 Å². The molecule has 28 heavy (non-hydrogen) atoms. The van der Waals surface area contributed by atoms with E-state index in [0.717, 1.165) is 11.1 Å². The summed E-state index contributed by atoms with van der Waals surface area (Å²) in [4.78, 5) is 34.9. The molecule has 0 saturated carbocycles. The predicted molar refractivity (Wildman–Crippen MR) is 108 cm³/mol. The number of benzene rings is 2. The Balaban J connectivity index is 1.94. The average Bonchev–Trinajstić information content (AvgIpc) is 2.66. The third kappa shape index (κ3) is 6.87. The van der Waals surface area contributed by atoms with Crippen molar-refractivity contribution in [2.24, 2.45) is 11.8 Å². The van der Waals surface area contributed by atoms with Crippen LogP contribution in [0.4, 0.5) is 5.69 Å². The van der Waals surface area contributed by atoms with Crippen molar-refractivity contribution in [1.82, 2.24) is 5.32 Å². The molecule has 2 aromatic carbocycles. The number of hydrogen-bond acceptors (Lipinski definition) is 3. The number of carbonyl (C=O) groups excluding carboxylic acids is 2. The summed E-state index contributed by atoms with van der Waals surface area (Å²) in [7, 11) is 0. The van der Waals surface area contributed by atoms with Crippen LogP contribution in [-0.2, 0) is 27.2 Å². The molecule has 3 N–H and O–H groups in total. The van der Waals surface area contributed by atoms with Crippen molar-refractivity contribution in [2.45, 2.75) is 26.7 Å². The van der Waals surface area contributed by atoms with Gasteiger partial charge in [0.15, 0.2) is 0 Å². The lowest BCUT2D eigenvalue weighted by molar-refractivity contribution is -0.137. The lowest BCUT2D eigenvalue weighted by atomic mass is 9.88. The van der Waals surface area contributed by atoms with E-state index in [0.29, 0.717) is 12.1 Å². The number of anilines is 1. The predicted octanol–water partition coefficient (Wildman–Crippen LogP) is 2.88. The van der Waals surface area contributed by atoms with E-state index in [2.05, 4.69) is 10.6 Å². The standard InChI is InChI=1S/C22H26N2O4/c1-15(2)19(12-16-6-4-3-5-7-16)22(28)24-18-10-8-17(9-11-18)13-20(25)23-14-21(26)27/h3-11,15,19H,12-14H2,1-2H3,(H,23,25)(H,24,28)(H,26,27). The molecule has 1 unspecified atom stereocenters. The smallest absolute Gasteiger partial charge is 0.322 e. The summed E-state index contributed by atoms with van der Waals surface area (Å²) in [5.41, 5.74) is 2.53. The van der Waals surface area contributed by atoms with Crippen LogP contribution >= 0.6 is 0 Å². The topological polar surface area (TPSA) is 95.5 Å². The van der Waals surface area contributed by atoms with Crippen molar-refractivity contribution in [3.63, 3.8) is 0 Å². The van der Waals surface area contributed by atoms with Crippen LogP contribution < -0.4 is 10.6 Å². The van der Waals surface area contributed by atoms with Gasteiger partial charge in [-0.2, -0.15) is 0 Å². The Labute approximate surface area is 165 Å². The van der Waals surface area contributed by atoms with E-state index in [-0.39, 0.29) is 30.1 Å². The summed E-state index contributed by atoms with van der Waals surface area (Å²) in [6, 6.07) is 16.9. The molecular weight excluding hydrogens is 356 g/mol. The van der Waals surface area contributed by atoms with Crippen molar-refractivity contribution in [3.05, 3.63) is 65.7 Å². The van der Waals surface area contributed by atoms with Crippen LogP contribution in [-0.4, -0.2) is 29.4 Å². The third-order valence-corrected chi connectivity index (χ3v) is 4.46. The van der Waals surface area contributed by atoms with Crippen molar-refractivity contribution in [3.8, 4) is 0 Å². The van der Waals surface area contributed by atoms with Gasteiger partial charge < -0.3 is 15.7 Å². The highest BCUT2D eigenvalue weighted by Gasteiger charge is 2.22. The Hall–Kier alpha value is -3.15. The first-order valence-corrected chi connectivity index (χ1v) is 9.27. The molecule has 2 rings (SSSR count). The first-order valence-electron chi connectivity index (χ1n) is 9.27. The maximum Gasteiger partial charge on any atom is 0.322 e. The van der Waals surface area contributed by atoms with Gasteiger partial charge in [-0.25, -0.2) is 0 Å². The number of carbonyl (C=O) groups is 3. The molecule has 0 aliphatic rings. The SMILES string of the molecule is CC(C)C(Cc1ccccc1)C(=O)Nc1ccc(CC(=O)NCC(=O)O)cc1. The fourth-order valence-corrected chi connectivity index (χ4v) is 2.86. The Bertz CT molecular complexity index is 801. The lowest BCUT2D eigenvalue weighted by Crippen LogP contribution is -2.30. The Kier molecular flexibility index (Phi) is 7.75. The number of amides is 2.